The number of methoxy groups -OCH3 is 1. The lowest BCUT2D eigenvalue weighted by molar-refractivity contribution is 0.0709. The average molecular weight is 503 g/mol. The van der Waals surface area contributed by atoms with Gasteiger partial charge < -0.3 is 25.4 Å². The molecular weight excluding hydrogens is 472 g/mol. The number of nitrogens with two attached hydrogens (primary N) is 1. The van der Waals surface area contributed by atoms with Crippen LogP contribution in [0.25, 0.3) is 16.9 Å². The molecule has 4 aromatic rings. The summed E-state index contributed by atoms with van der Waals surface area (Å²) in [6.45, 7) is 6.85. The van der Waals surface area contributed by atoms with E-state index >= 15 is 0 Å². The summed E-state index contributed by atoms with van der Waals surface area (Å²) in [5, 5.41) is 14.8. The van der Waals surface area contributed by atoms with Gasteiger partial charge in [0.25, 0.3) is 5.91 Å². The van der Waals surface area contributed by atoms with Crippen molar-refractivity contribution in [3.8, 4) is 11.4 Å². The van der Waals surface area contributed by atoms with E-state index in [9.17, 15) is 9.90 Å². The number of phenolic OH excluding ortho intramolecular Hbond substituents is 1. The molecule has 1 amide bonds. The summed E-state index contributed by atoms with van der Waals surface area (Å²) >= 11 is 0. The maximum Gasteiger partial charge on any atom is 0.260 e. The molecule has 1 atom stereocenters. The smallest absolute Gasteiger partial charge is 0.260 e. The second-order valence-corrected chi connectivity index (χ2v) is 9.74. The number of aryl methyl sites for hydroxylation is 1. The van der Waals surface area contributed by atoms with Gasteiger partial charge >= 0.3 is 0 Å². The van der Waals surface area contributed by atoms with Gasteiger partial charge in [-0.05, 0) is 38.0 Å². The zero-order chi connectivity index (χ0) is 25.8. The highest BCUT2D eigenvalue weighted by Gasteiger charge is 2.32. The number of carbonyl (C=O) groups excluding carboxylic acids is 1. The van der Waals surface area contributed by atoms with Crippen molar-refractivity contribution in [3.05, 3.63) is 53.0 Å². The Hall–Kier alpha value is -4.12. The predicted molar refractivity (Wildman–Crippen MR) is 139 cm³/mol. The normalized spacial score (nSPS) is 17.5. The molecule has 1 saturated heterocycles. The summed E-state index contributed by atoms with van der Waals surface area (Å²) in [6.07, 6.45) is 4.49. The van der Waals surface area contributed by atoms with Crippen molar-refractivity contribution in [1.82, 2.24) is 29.2 Å². The molecule has 1 aromatic carbocycles. The largest absolute Gasteiger partial charge is 0.508 e. The first-order chi connectivity index (χ1) is 17.9. The van der Waals surface area contributed by atoms with Gasteiger partial charge in [0.05, 0.1) is 36.8 Å². The summed E-state index contributed by atoms with van der Waals surface area (Å²) in [7, 11) is 1.72. The monoisotopic (exact) mass is 502 g/mol. The fraction of sp³-hybridized carbons (Fsp3) is 0.385. The number of amides is 1. The lowest BCUT2D eigenvalue weighted by atomic mass is 10.1. The molecule has 2 aliphatic rings. The second kappa shape index (κ2) is 8.77. The van der Waals surface area contributed by atoms with Gasteiger partial charge in [-0.25, -0.2) is 9.97 Å². The first-order valence-electron chi connectivity index (χ1n) is 12.4. The first kappa shape index (κ1) is 23.3. The quantitative estimate of drug-likeness (QED) is 0.436. The molecule has 5 heterocycles. The fourth-order valence-corrected chi connectivity index (χ4v) is 5.45. The lowest BCUT2D eigenvalue weighted by Gasteiger charge is -2.27. The molecule has 2 aliphatic heterocycles. The van der Waals surface area contributed by atoms with E-state index in [0.717, 1.165) is 24.2 Å². The Morgan fingerprint density at radius 3 is 2.81 bits per heavy atom. The number of hydrogen-bond acceptors (Lipinski definition) is 8. The van der Waals surface area contributed by atoms with Crippen LogP contribution >= 0.6 is 0 Å². The molecule has 192 valence electrons. The van der Waals surface area contributed by atoms with E-state index < -0.39 is 0 Å². The molecule has 3 aromatic heterocycles. The molecule has 37 heavy (non-hydrogen) atoms. The van der Waals surface area contributed by atoms with E-state index in [-0.39, 0.29) is 23.6 Å². The summed E-state index contributed by atoms with van der Waals surface area (Å²) in [6, 6.07) is 5.41. The highest BCUT2D eigenvalue weighted by atomic mass is 16.5. The molecule has 0 aliphatic carbocycles. The minimum absolute atomic E-state index is 0.134. The highest BCUT2D eigenvalue weighted by Crippen LogP contribution is 2.37. The van der Waals surface area contributed by atoms with Crippen molar-refractivity contribution in [1.29, 1.82) is 0 Å². The second-order valence-electron chi connectivity index (χ2n) is 9.74. The third-order valence-electron chi connectivity index (χ3n) is 7.56. The van der Waals surface area contributed by atoms with Gasteiger partial charge in [0.1, 0.15) is 28.5 Å². The number of rotatable bonds is 4. The van der Waals surface area contributed by atoms with Crippen LogP contribution in [0.2, 0.25) is 0 Å². The van der Waals surface area contributed by atoms with Crippen LogP contribution in [-0.4, -0.2) is 73.1 Å². The van der Waals surface area contributed by atoms with E-state index in [1.807, 2.05) is 30.7 Å². The van der Waals surface area contributed by atoms with Gasteiger partial charge in [-0.1, -0.05) is 6.07 Å². The number of benzene rings is 1. The van der Waals surface area contributed by atoms with Crippen LogP contribution in [0.4, 0.5) is 11.6 Å². The molecule has 0 bridgehead atoms. The molecular formula is C26H30N8O3. The Balaban J connectivity index is 1.52. The van der Waals surface area contributed by atoms with Gasteiger partial charge in [0, 0.05) is 38.5 Å². The molecule has 0 saturated carbocycles. The molecule has 0 spiro atoms. The SMILES string of the molecule is CO[C@@H]1CCN(c2cnc3c(C(=O)N4CCn5nccc5C4)c(N)n(-c4c(C)ccc(O)c4C)c3n2)C1. The van der Waals surface area contributed by atoms with E-state index in [2.05, 4.69) is 10.00 Å². The molecule has 11 nitrogen and oxygen atoms in total. The maximum atomic E-state index is 13.9. The van der Waals surface area contributed by atoms with Gasteiger partial charge in [-0.15, -0.1) is 0 Å². The third kappa shape index (κ3) is 3.69. The Morgan fingerprint density at radius 2 is 2.03 bits per heavy atom. The number of nitrogen functional groups attached to an aromatic ring is 1. The van der Waals surface area contributed by atoms with E-state index in [0.29, 0.717) is 60.0 Å². The minimum Gasteiger partial charge on any atom is -0.508 e. The van der Waals surface area contributed by atoms with Gasteiger partial charge in [-0.3, -0.25) is 14.0 Å². The van der Waals surface area contributed by atoms with E-state index in [1.165, 1.54) is 0 Å². The van der Waals surface area contributed by atoms with Crippen LogP contribution in [-0.2, 0) is 17.8 Å². The number of aromatic nitrogens is 5. The number of nitrogens with zero attached hydrogens (tertiary/aromatic N) is 7. The summed E-state index contributed by atoms with van der Waals surface area (Å²) in [4.78, 5) is 27.5. The molecule has 1 fully saturated rings. The zero-order valence-corrected chi connectivity index (χ0v) is 21.2. The highest BCUT2D eigenvalue weighted by molar-refractivity contribution is 6.10. The third-order valence-corrected chi connectivity index (χ3v) is 7.56. The van der Waals surface area contributed by atoms with Crippen LogP contribution in [0.3, 0.4) is 0 Å². The Bertz CT molecular complexity index is 1520. The van der Waals surface area contributed by atoms with Crippen molar-refractivity contribution in [2.75, 3.05) is 37.4 Å². The number of phenols is 1. The van der Waals surface area contributed by atoms with E-state index in [4.69, 9.17) is 20.4 Å². The van der Waals surface area contributed by atoms with Crippen LogP contribution < -0.4 is 10.6 Å². The van der Waals surface area contributed by atoms with Gasteiger partial charge in [0.2, 0.25) is 0 Å². The van der Waals surface area contributed by atoms with Crippen molar-refractivity contribution < 1.29 is 14.6 Å². The number of carbonyl (C=O) groups is 1. The Morgan fingerprint density at radius 1 is 1.19 bits per heavy atom. The summed E-state index contributed by atoms with van der Waals surface area (Å²) in [5.41, 5.74) is 11.2. The Kier molecular flexibility index (Phi) is 5.52. The Labute approximate surface area is 214 Å². The number of hydrogen-bond donors (Lipinski definition) is 2. The van der Waals surface area contributed by atoms with Gasteiger partial charge in [0.15, 0.2) is 5.65 Å². The molecule has 0 radical (unpaired) electrons. The van der Waals surface area contributed by atoms with Crippen LogP contribution in [0.1, 0.15) is 33.6 Å². The first-order valence-corrected chi connectivity index (χ1v) is 12.4. The summed E-state index contributed by atoms with van der Waals surface area (Å²) < 4.78 is 9.20. The molecule has 0 unspecified atom stereocenters. The lowest BCUT2D eigenvalue weighted by Crippen LogP contribution is -2.38. The summed E-state index contributed by atoms with van der Waals surface area (Å²) in [5.74, 6) is 0.892. The van der Waals surface area contributed by atoms with E-state index in [1.54, 1.807) is 35.0 Å². The maximum absolute atomic E-state index is 13.9. The fourth-order valence-electron chi connectivity index (χ4n) is 5.45. The molecule has 3 N–H and O–H groups in total. The minimum atomic E-state index is -0.202. The number of aromatic hydroxyl groups is 1. The van der Waals surface area contributed by atoms with Crippen molar-refractivity contribution in [2.45, 2.75) is 39.5 Å². The average Bonchev–Trinajstić information content (AvgIpc) is 3.63. The van der Waals surface area contributed by atoms with Crippen molar-refractivity contribution in [2.24, 2.45) is 0 Å². The predicted octanol–water partition coefficient (Wildman–Crippen LogP) is 2.40. The number of anilines is 2. The molecule has 6 rings (SSSR count). The molecule has 11 heteroatoms. The zero-order valence-electron chi connectivity index (χ0n) is 21.2. The van der Waals surface area contributed by atoms with Crippen molar-refractivity contribution in [3.63, 3.8) is 0 Å². The van der Waals surface area contributed by atoms with Crippen LogP contribution in [0, 0.1) is 13.8 Å². The van der Waals surface area contributed by atoms with Gasteiger partial charge in [-0.2, -0.15) is 5.10 Å². The van der Waals surface area contributed by atoms with Crippen LogP contribution in [0.5, 0.6) is 5.75 Å². The number of fused-ring (bicyclic) bond motifs is 2. The van der Waals surface area contributed by atoms with Crippen LogP contribution in [0.15, 0.2) is 30.6 Å². The van der Waals surface area contributed by atoms with Crippen molar-refractivity contribution >= 4 is 28.7 Å². The standard InChI is InChI=1S/C26H30N8O3/c1-15-4-5-19(35)16(2)23(15)34-24(27)21(26(36)32-10-11-33-17(13-32)6-8-29-33)22-25(34)30-20(12-28-22)31-9-7-18(14-31)37-3/h4-6,8,12,18,35H,7,9-11,13-14,27H2,1-3H3/t18-/m1/s1. The number of ether oxygens (including phenoxy) is 1. The topological polar surface area (TPSA) is 128 Å².